The van der Waals surface area contributed by atoms with Crippen molar-refractivity contribution in [2.45, 2.75) is 0 Å². The summed E-state index contributed by atoms with van der Waals surface area (Å²) in [7, 11) is 0. The average Bonchev–Trinajstić information content (AvgIpc) is 2.44. The van der Waals surface area contributed by atoms with Crippen LogP contribution in [0.2, 0.25) is 10.0 Å². The van der Waals surface area contributed by atoms with E-state index in [-0.39, 0.29) is 5.91 Å². The Morgan fingerprint density at radius 3 is 2.55 bits per heavy atom. The summed E-state index contributed by atoms with van der Waals surface area (Å²) >= 11 is 11.8. The van der Waals surface area contributed by atoms with E-state index in [4.69, 9.17) is 34.2 Å². The summed E-state index contributed by atoms with van der Waals surface area (Å²) in [6, 6.07) is 11.2. The van der Waals surface area contributed by atoms with Crippen LogP contribution in [0.15, 0.2) is 36.4 Å². The van der Waals surface area contributed by atoms with Crippen LogP contribution in [-0.4, -0.2) is 5.91 Å². The monoisotopic (exact) mass is 305 g/mol. The van der Waals surface area contributed by atoms with Gasteiger partial charge in [-0.2, -0.15) is 5.26 Å². The molecule has 0 heterocycles. The van der Waals surface area contributed by atoms with Crippen molar-refractivity contribution >= 4 is 40.5 Å². The van der Waals surface area contributed by atoms with Crippen LogP contribution in [-0.2, 0) is 0 Å². The molecule has 100 valence electrons. The van der Waals surface area contributed by atoms with Gasteiger partial charge in [0.1, 0.15) is 0 Å². The minimum atomic E-state index is -0.385. The van der Waals surface area contributed by atoms with E-state index >= 15 is 0 Å². The van der Waals surface area contributed by atoms with Gasteiger partial charge in [-0.15, -0.1) is 0 Å². The van der Waals surface area contributed by atoms with Crippen molar-refractivity contribution in [2.24, 2.45) is 0 Å². The molecule has 2 aromatic carbocycles. The molecule has 0 aliphatic heterocycles. The Labute approximate surface area is 125 Å². The lowest BCUT2D eigenvalue weighted by molar-refractivity contribution is 0.102. The Kier molecular flexibility index (Phi) is 4.14. The van der Waals surface area contributed by atoms with Crippen molar-refractivity contribution in [3.05, 3.63) is 57.6 Å². The number of halogens is 2. The van der Waals surface area contributed by atoms with Crippen LogP contribution < -0.4 is 11.1 Å². The highest BCUT2D eigenvalue weighted by atomic mass is 35.5. The zero-order chi connectivity index (χ0) is 14.7. The van der Waals surface area contributed by atoms with Gasteiger partial charge in [0, 0.05) is 5.56 Å². The van der Waals surface area contributed by atoms with Gasteiger partial charge in [0.05, 0.1) is 33.1 Å². The molecule has 2 aromatic rings. The standard InChI is InChI=1S/C14H9Cl2N3O/c15-10-3-1-8(7-17)5-13(10)19-14(20)9-2-4-12(18)11(16)6-9/h1-6H,18H2,(H,19,20). The molecule has 0 aliphatic rings. The molecule has 0 aliphatic carbocycles. The number of amides is 1. The van der Waals surface area contributed by atoms with Crippen LogP contribution in [0, 0.1) is 11.3 Å². The number of nitrogens with two attached hydrogens (primary N) is 1. The van der Waals surface area contributed by atoms with Gasteiger partial charge in [0.25, 0.3) is 5.91 Å². The summed E-state index contributed by atoms with van der Waals surface area (Å²) in [5, 5.41) is 12.1. The summed E-state index contributed by atoms with van der Waals surface area (Å²) in [4.78, 5) is 12.1. The van der Waals surface area contributed by atoms with Gasteiger partial charge in [0.15, 0.2) is 0 Å². The van der Waals surface area contributed by atoms with Crippen LogP contribution >= 0.6 is 23.2 Å². The normalized spacial score (nSPS) is 9.85. The topological polar surface area (TPSA) is 78.9 Å². The first kappa shape index (κ1) is 14.2. The van der Waals surface area contributed by atoms with E-state index in [2.05, 4.69) is 5.32 Å². The summed E-state index contributed by atoms with van der Waals surface area (Å²) in [5.74, 6) is -0.385. The predicted molar refractivity (Wildman–Crippen MR) is 80.0 cm³/mol. The zero-order valence-electron chi connectivity index (χ0n) is 10.2. The fraction of sp³-hybridized carbons (Fsp3) is 0. The van der Waals surface area contributed by atoms with Crippen molar-refractivity contribution < 1.29 is 4.79 Å². The van der Waals surface area contributed by atoms with Crippen molar-refractivity contribution in [3.63, 3.8) is 0 Å². The zero-order valence-corrected chi connectivity index (χ0v) is 11.7. The molecule has 1 amide bonds. The second-order valence-electron chi connectivity index (χ2n) is 4.00. The molecule has 0 saturated heterocycles. The highest BCUT2D eigenvalue weighted by Gasteiger charge is 2.10. The lowest BCUT2D eigenvalue weighted by Crippen LogP contribution is -2.12. The summed E-state index contributed by atoms with van der Waals surface area (Å²) < 4.78 is 0. The van der Waals surface area contributed by atoms with Crippen molar-refractivity contribution in [1.29, 1.82) is 5.26 Å². The summed E-state index contributed by atoms with van der Waals surface area (Å²) in [6.07, 6.45) is 0. The number of anilines is 2. The van der Waals surface area contributed by atoms with E-state index in [0.29, 0.717) is 32.5 Å². The number of benzene rings is 2. The molecule has 0 aromatic heterocycles. The first-order chi connectivity index (χ1) is 9.51. The SMILES string of the molecule is N#Cc1ccc(Cl)c(NC(=O)c2ccc(N)c(Cl)c2)c1. The highest BCUT2D eigenvalue weighted by molar-refractivity contribution is 6.34. The minimum absolute atomic E-state index is 0.300. The van der Waals surface area contributed by atoms with Gasteiger partial charge < -0.3 is 11.1 Å². The minimum Gasteiger partial charge on any atom is -0.398 e. The number of hydrogen-bond acceptors (Lipinski definition) is 3. The molecule has 6 heteroatoms. The van der Waals surface area contributed by atoms with Gasteiger partial charge in [-0.3, -0.25) is 4.79 Å². The molecule has 0 bridgehead atoms. The molecule has 4 nitrogen and oxygen atoms in total. The molecule has 2 rings (SSSR count). The number of carbonyl (C=O) groups excluding carboxylic acids is 1. The molecule has 0 fully saturated rings. The Bertz CT molecular complexity index is 723. The van der Waals surface area contributed by atoms with Gasteiger partial charge >= 0.3 is 0 Å². The fourth-order valence-electron chi connectivity index (χ4n) is 1.55. The molecular formula is C14H9Cl2N3O. The molecule has 0 saturated carbocycles. The van der Waals surface area contributed by atoms with Gasteiger partial charge in [-0.1, -0.05) is 23.2 Å². The lowest BCUT2D eigenvalue weighted by atomic mass is 10.1. The maximum absolute atomic E-state index is 12.1. The fourth-order valence-corrected chi connectivity index (χ4v) is 1.90. The molecular weight excluding hydrogens is 297 g/mol. The van der Waals surface area contributed by atoms with E-state index < -0.39 is 0 Å². The maximum atomic E-state index is 12.1. The number of carbonyl (C=O) groups is 1. The molecule has 0 radical (unpaired) electrons. The van der Waals surface area contributed by atoms with E-state index in [9.17, 15) is 4.79 Å². The van der Waals surface area contributed by atoms with Crippen molar-refractivity contribution in [2.75, 3.05) is 11.1 Å². The number of nitrogens with one attached hydrogen (secondary N) is 1. The largest absolute Gasteiger partial charge is 0.398 e. The average molecular weight is 306 g/mol. The van der Waals surface area contributed by atoms with E-state index in [1.54, 1.807) is 24.3 Å². The predicted octanol–water partition coefficient (Wildman–Crippen LogP) is 3.70. The third kappa shape index (κ3) is 3.02. The second-order valence-corrected chi connectivity index (χ2v) is 4.81. The number of nitrogen functional groups attached to an aromatic ring is 1. The van der Waals surface area contributed by atoms with Crippen molar-refractivity contribution in [3.8, 4) is 6.07 Å². The van der Waals surface area contributed by atoms with Crippen LogP contribution in [0.4, 0.5) is 11.4 Å². The Morgan fingerprint density at radius 1 is 1.15 bits per heavy atom. The highest BCUT2D eigenvalue weighted by Crippen LogP contribution is 2.25. The van der Waals surface area contributed by atoms with Gasteiger partial charge in [-0.25, -0.2) is 0 Å². The van der Waals surface area contributed by atoms with Crippen molar-refractivity contribution in [1.82, 2.24) is 0 Å². The first-order valence-corrected chi connectivity index (χ1v) is 6.33. The molecule has 3 N–H and O–H groups in total. The van der Waals surface area contributed by atoms with Gasteiger partial charge in [-0.05, 0) is 36.4 Å². The second kappa shape index (κ2) is 5.83. The van der Waals surface area contributed by atoms with E-state index in [1.807, 2.05) is 6.07 Å². The van der Waals surface area contributed by atoms with E-state index in [0.717, 1.165) is 0 Å². The van der Waals surface area contributed by atoms with Crippen LogP contribution in [0.5, 0.6) is 0 Å². The summed E-state index contributed by atoms with van der Waals surface area (Å²) in [6.45, 7) is 0. The number of rotatable bonds is 2. The quantitative estimate of drug-likeness (QED) is 0.830. The molecule has 20 heavy (non-hydrogen) atoms. The Morgan fingerprint density at radius 2 is 1.90 bits per heavy atom. The van der Waals surface area contributed by atoms with E-state index in [1.165, 1.54) is 12.1 Å². The van der Waals surface area contributed by atoms with Crippen LogP contribution in [0.1, 0.15) is 15.9 Å². The molecule has 0 spiro atoms. The number of nitriles is 1. The maximum Gasteiger partial charge on any atom is 0.255 e. The smallest absolute Gasteiger partial charge is 0.255 e. The van der Waals surface area contributed by atoms with Gasteiger partial charge in [0.2, 0.25) is 0 Å². The molecule has 0 atom stereocenters. The number of nitrogens with zero attached hydrogens (tertiary/aromatic N) is 1. The lowest BCUT2D eigenvalue weighted by Gasteiger charge is -2.08. The Hall–Kier alpha value is -2.22. The Balaban J connectivity index is 2.28. The third-order valence-electron chi connectivity index (χ3n) is 2.61. The number of hydrogen-bond donors (Lipinski definition) is 2. The first-order valence-electron chi connectivity index (χ1n) is 5.57. The molecule has 0 unspecified atom stereocenters. The van der Waals surface area contributed by atoms with Crippen LogP contribution in [0.3, 0.4) is 0 Å². The summed E-state index contributed by atoms with van der Waals surface area (Å²) in [5.41, 5.74) is 7.10. The third-order valence-corrected chi connectivity index (χ3v) is 3.26. The van der Waals surface area contributed by atoms with Crippen LogP contribution in [0.25, 0.3) is 0 Å².